The fourth-order valence-electron chi connectivity index (χ4n) is 1.54. The fourth-order valence-corrected chi connectivity index (χ4v) is 2.48. The summed E-state index contributed by atoms with van der Waals surface area (Å²) in [4.78, 5) is 16.8. The first-order valence-electron chi connectivity index (χ1n) is 6.75. The molecule has 5 heteroatoms. The Labute approximate surface area is 119 Å². The third-order valence-corrected chi connectivity index (χ3v) is 3.96. The molecule has 0 radical (unpaired) electrons. The molecule has 0 aliphatic rings. The third kappa shape index (κ3) is 6.16. The molecular weight excluding hydrogens is 260 g/mol. The van der Waals surface area contributed by atoms with E-state index in [4.69, 9.17) is 4.74 Å². The molecule has 0 saturated carbocycles. The molecule has 1 N–H and O–H groups in total. The van der Waals surface area contributed by atoms with Crippen LogP contribution in [0.3, 0.4) is 0 Å². The van der Waals surface area contributed by atoms with Crippen molar-refractivity contribution in [3.63, 3.8) is 0 Å². The highest BCUT2D eigenvalue weighted by Crippen LogP contribution is 2.26. The normalized spacial score (nSPS) is 11.6. The van der Waals surface area contributed by atoms with Gasteiger partial charge in [-0.2, -0.15) is 0 Å². The summed E-state index contributed by atoms with van der Waals surface area (Å²) in [5.74, 6) is -0.114. The van der Waals surface area contributed by atoms with E-state index in [9.17, 15) is 4.79 Å². The molecule has 1 rings (SSSR count). The molecule has 0 aromatic carbocycles. The van der Waals surface area contributed by atoms with Crippen LogP contribution in [0.2, 0.25) is 0 Å². The number of carbonyl (C=O) groups is 1. The molecule has 0 spiro atoms. The molecule has 0 saturated heterocycles. The molecule has 0 fully saturated rings. The number of rotatable bonds is 7. The van der Waals surface area contributed by atoms with Crippen LogP contribution in [-0.2, 0) is 21.5 Å². The monoisotopic (exact) mass is 284 g/mol. The predicted molar refractivity (Wildman–Crippen MR) is 78.4 cm³/mol. The Morgan fingerprint density at radius 2 is 2.21 bits per heavy atom. The summed E-state index contributed by atoms with van der Waals surface area (Å²) >= 11 is 1.75. The molecule has 0 aliphatic carbocycles. The molecule has 0 amide bonds. The van der Waals surface area contributed by atoms with Crippen molar-refractivity contribution in [2.75, 3.05) is 13.2 Å². The van der Waals surface area contributed by atoms with E-state index in [-0.39, 0.29) is 11.4 Å². The molecular formula is C14H24N2O2S. The summed E-state index contributed by atoms with van der Waals surface area (Å²) in [6, 6.07) is 0. The topological polar surface area (TPSA) is 51.2 Å². The number of nitrogens with zero attached hydrogens (tertiary/aromatic N) is 1. The van der Waals surface area contributed by atoms with Gasteiger partial charge in [-0.1, -0.05) is 20.8 Å². The van der Waals surface area contributed by atoms with E-state index >= 15 is 0 Å². The van der Waals surface area contributed by atoms with Gasteiger partial charge in [0.05, 0.1) is 11.6 Å². The first-order valence-corrected chi connectivity index (χ1v) is 7.56. The molecule has 108 valence electrons. The summed E-state index contributed by atoms with van der Waals surface area (Å²) in [6.07, 6.45) is 3.23. The van der Waals surface area contributed by atoms with Crippen molar-refractivity contribution in [1.82, 2.24) is 10.3 Å². The van der Waals surface area contributed by atoms with Crippen LogP contribution < -0.4 is 5.32 Å². The van der Waals surface area contributed by atoms with Crippen LogP contribution in [0.15, 0.2) is 6.20 Å². The number of nitrogens with one attached hydrogen (secondary N) is 1. The van der Waals surface area contributed by atoms with Crippen molar-refractivity contribution in [1.29, 1.82) is 0 Å². The third-order valence-electron chi connectivity index (χ3n) is 2.53. The summed E-state index contributed by atoms with van der Waals surface area (Å²) < 4.78 is 4.87. The predicted octanol–water partition coefficient (Wildman–Crippen LogP) is 2.87. The molecule has 19 heavy (non-hydrogen) atoms. The van der Waals surface area contributed by atoms with Crippen LogP contribution >= 0.6 is 11.3 Å². The lowest BCUT2D eigenvalue weighted by Crippen LogP contribution is -2.15. The number of ether oxygens (including phenoxy) is 1. The molecule has 4 nitrogen and oxygen atoms in total. The summed E-state index contributed by atoms with van der Waals surface area (Å²) in [5, 5.41) is 4.49. The van der Waals surface area contributed by atoms with Crippen molar-refractivity contribution >= 4 is 17.3 Å². The van der Waals surface area contributed by atoms with Crippen molar-refractivity contribution in [2.45, 2.75) is 52.5 Å². The fraction of sp³-hybridized carbons (Fsp3) is 0.714. The van der Waals surface area contributed by atoms with Gasteiger partial charge in [0.1, 0.15) is 0 Å². The average Bonchev–Trinajstić information content (AvgIpc) is 2.77. The number of hydrogen-bond donors (Lipinski definition) is 1. The lowest BCUT2D eigenvalue weighted by atomic mass is 9.98. The summed E-state index contributed by atoms with van der Waals surface area (Å²) in [5.41, 5.74) is 0.118. The van der Waals surface area contributed by atoms with E-state index in [1.165, 1.54) is 4.88 Å². The zero-order chi connectivity index (χ0) is 14.3. The molecule has 1 aromatic rings. The highest BCUT2D eigenvalue weighted by Gasteiger charge is 2.17. The number of esters is 1. The molecule has 0 unspecified atom stereocenters. The number of thiazole rings is 1. The lowest BCUT2D eigenvalue weighted by molar-refractivity contribution is -0.143. The average molecular weight is 284 g/mol. The second kappa shape index (κ2) is 7.60. The van der Waals surface area contributed by atoms with E-state index < -0.39 is 0 Å². The van der Waals surface area contributed by atoms with Crippen molar-refractivity contribution in [3.8, 4) is 0 Å². The van der Waals surface area contributed by atoms with Gasteiger partial charge in [-0.15, -0.1) is 11.3 Å². The molecule has 1 aromatic heterocycles. The molecule has 0 bridgehead atoms. The second-order valence-electron chi connectivity index (χ2n) is 5.47. The van der Waals surface area contributed by atoms with Crippen LogP contribution in [0.5, 0.6) is 0 Å². The molecule has 0 aliphatic heterocycles. The van der Waals surface area contributed by atoms with Gasteiger partial charge in [0.25, 0.3) is 0 Å². The van der Waals surface area contributed by atoms with E-state index in [0.717, 1.165) is 24.5 Å². The Kier molecular flexibility index (Phi) is 6.45. The van der Waals surface area contributed by atoms with Crippen molar-refractivity contribution < 1.29 is 9.53 Å². The van der Waals surface area contributed by atoms with Gasteiger partial charge < -0.3 is 10.1 Å². The summed E-state index contributed by atoms with van der Waals surface area (Å²) in [7, 11) is 0. The SMILES string of the molecule is CCOC(=O)CCCNCc1cnc(C(C)(C)C)s1. The van der Waals surface area contributed by atoms with Gasteiger partial charge in [0, 0.05) is 29.5 Å². The first kappa shape index (κ1) is 16.1. The summed E-state index contributed by atoms with van der Waals surface area (Å²) in [6.45, 7) is 10.4. The maximum absolute atomic E-state index is 11.1. The highest BCUT2D eigenvalue weighted by molar-refractivity contribution is 7.11. The van der Waals surface area contributed by atoms with Crippen molar-refractivity contribution in [2.24, 2.45) is 0 Å². The largest absolute Gasteiger partial charge is 0.466 e. The van der Waals surface area contributed by atoms with Crippen LogP contribution in [0.25, 0.3) is 0 Å². The molecule has 1 heterocycles. The number of hydrogen-bond acceptors (Lipinski definition) is 5. The number of carbonyl (C=O) groups excluding carboxylic acids is 1. The van der Waals surface area contributed by atoms with Gasteiger partial charge in [-0.3, -0.25) is 4.79 Å². The lowest BCUT2D eigenvalue weighted by Gasteiger charge is -2.13. The Hall–Kier alpha value is -0.940. The maximum atomic E-state index is 11.1. The van der Waals surface area contributed by atoms with E-state index in [2.05, 4.69) is 31.1 Å². The van der Waals surface area contributed by atoms with Crippen LogP contribution in [0.4, 0.5) is 0 Å². The molecule has 0 atom stereocenters. The van der Waals surface area contributed by atoms with Crippen LogP contribution in [0, 0.1) is 0 Å². The van der Waals surface area contributed by atoms with Gasteiger partial charge in [0.2, 0.25) is 0 Å². The number of aromatic nitrogens is 1. The van der Waals surface area contributed by atoms with E-state index in [0.29, 0.717) is 13.0 Å². The first-order chi connectivity index (χ1) is 8.93. The van der Waals surface area contributed by atoms with Gasteiger partial charge in [-0.05, 0) is 19.9 Å². The Morgan fingerprint density at radius 3 is 2.79 bits per heavy atom. The quantitative estimate of drug-likeness (QED) is 0.618. The van der Waals surface area contributed by atoms with E-state index in [1.54, 1.807) is 11.3 Å². The van der Waals surface area contributed by atoms with Crippen LogP contribution in [0.1, 0.15) is 50.4 Å². The van der Waals surface area contributed by atoms with E-state index in [1.807, 2.05) is 13.1 Å². The Balaban J connectivity index is 2.20. The van der Waals surface area contributed by atoms with Crippen molar-refractivity contribution in [3.05, 3.63) is 16.1 Å². The van der Waals surface area contributed by atoms with Gasteiger partial charge in [0.15, 0.2) is 0 Å². The minimum absolute atomic E-state index is 0.114. The second-order valence-corrected chi connectivity index (χ2v) is 6.58. The maximum Gasteiger partial charge on any atom is 0.305 e. The van der Waals surface area contributed by atoms with Crippen LogP contribution in [-0.4, -0.2) is 24.1 Å². The standard InChI is InChI=1S/C14H24N2O2S/c1-5-18-12(17)7-6-8-15-9-11-10-16-13(19-11)14(2,3)4/h10,15H,5-9H2,1-4H3. The zero-order valence-corrected chi connectivity index (χ0v) is 13.1. The zero-order valence-electron chi connectivity index (χ0n) is 12.3. The Morgan fingerprint density at radius 1 is 1.47 bits per heavy atom. The minimum Gasteiger partial charge on any atom is -0.466 e. The highest BCUT2D eigenvalue weighted by atomic mass is 32.1. The van der Waals surface area contributed by atoms with Gasteiger partial charge >= 0.3 is 5.97 Å². The smallest absolute Gasteiger partial charge is 0.305 e. The Bertz CT molecular complexity index is 396. The van der Waals surface area contributed by atoms with Gasteiger partial charge in [-0.25, -0.2) is 4.98 Å². The minimum atomic E-state index is -0.114.